The summed E-state index contributed by atoms with van der Waals surface area (Å²) < 4.78 is 5.38. The summed E-state index contributed by atoms with van der Waals surface area (Å²) in [5, 5.41) is 0. The summed E-state index contributed by atoms with van der Waals surface area (Å²) in [5.41, 5.74) is 4.15. The highest BCUT2D eigenvalue weighted by Gasteiger charge is 2.01. The van der Waals surface area contributed by atoms with Crippen molar-refractivity contribution in [2.24, 2.45) is 0 Å². The van der Waals surface area contributed by atoms with Gasteiger partial charge in [0.05, 0.1) is 0 Å². The van der Waals surface area contributed by atoms with Crippen LogP contribution in [0.2, 0.25) is 0 Å². The van der Waals surface area contributed by atoms with Gasteiger partial charge in [0.15, 0.2) is 0 Å². The molecular weight excluding hydrogens is 404 g/mol. The largest absolute Gasteiger partial charge is 0.461 e. The molecule has 0 fully saturated rings. The zero-order chi connectivity index (χ0) is 24.6. The lowest BCUT2D eigenvalue weighted by Crippen LogP contribution is -2.04. The monoisotopic (exact) mass is 458 g/mol. The van der Waals surface area contributed by atoms with Crippen molar-refractivity contribution in [3.63, 3.8) is 0 Å². The average Bonchev–Trinajstić information content (AvgIpc) is 2.76. The van der Waals surface area contributed by atoms with Crippen molar-refractivity contribution < 1.29 is 9.53 Å². The van der Waals surface area contributed by atoms with Crippen LogP contribution >= 0.6 is 0 Å². The topological polar surface area (TPSA) is 26.3 Å². The van der Waals surface area contributed by atoms with E-state index in [9.17, 15) is 4.79 Å². The van der Waals surface area contributed by atoms with Crippen LogP contribution in [0, 0.1) is 0 Å². The lowest BCUT2D eigenvalue weighted by Gasteiger charge is -2.04. The molecule has 2 nitrogen and oxygen atoms in total. The maximum atomic E-state index is 11.9. The first-order valence-corrected chi connectivity index (χ1v) is 13.7. The van der Waals surface area contributed by atoms with E-state index in [0.717, 1.165) is 38.5 Å². The van der Waals surface area contributed by atoms with E-state index in [-0.39, 0.29) is 5.97 Å². The zero-order valence-corrected chi connectivity index (χ0v) is 22.7. The summed E-state index contributed by atoms with van der Waals surface area (Å²) >= 11 is 0. The summed E-state index contributed by atoms with van der Waals surface area (Å²) in [4.78, 5) is 11.9. The van der Waals surface area contributed by atoms with E-state index < -0.39 is 0 Å². The van der Waals surface area contributed by atoms with Crippen molar-refractivity contribution in [2.45, 2.75) is 137 Å². The molecule has 0 aromatic carbocycles. The van der Waals surface area contributed by atoms with Gasteiger partial charge in [-0.2, -0.15) is 0 Å². The normalized spacial score (nSPS) is 12.4. The molecule has 0 saturated heterocycles. The van der Waals surface area contributed by atoms with Crippen molar-refractivity contribution in [1.82, 2.24) is 0 Å². The highest BCUT2D eigenvalue weighted by molar-refractivity contribution is 5.69. The lowest BCUT2D eigenvalue weighted by atomic mass is 10.1. The fourth-order valence-electron chi connectivity index (χ4n) is 3.67. The van der Waals surface area contributed by atoms with E-state index in [4.69, 9.17) is 4.74 Å². The van der Waals surface area contributed by atoms with Crippen LogP contribution in [0.25, 0.3) is 0 Å². The fraction of sp³-hybridized carbons (Fsp3) is 0.710. The van der Waals surface area contributed by atoms with Gasteiger partial charge in [0.25, 0.3) is 0 Å². The summed E-state index contributed by atoms with van der Waals surface area (Å²) in [7, 11) is 0. The molecule has 0 unspecified atom stereocenters. The number of esters is 1. The molecule has 190 valence electrons. The van der Waals surface area contributed by atoms with E-state index in [1.807, 2.05) is 0 Å². The zero-order valence-electron chi connectivity index (χ0n) is 22.7. The Morgan fingerprint density at radius 1 is 0.606 bits per heavy atom. The van der Waals surface area contributed by atoms with Gasteiger partial charge in [-0.25, -0.2) is 0 Å². The number of unbranched alkanes of at least 4 members (excludes halogenated alkanes) is 9. The Morgan fingerprint density at radius 2 is 1.15 bits per heavy atom. The Morgan fingerprint density at radius 3 is 1.79 bits per heavy atom. The molecule has 0 aromatic rings. The van der Waals surface area contributed by atoms with Crippen molar-refractivity contribution in [2.75, 3.05) is 6.61 Å². The van der Waals surface area contributed by atoms with Gasteiger partial charge in [0.2, 0.25) is 0 Å². The fourth-order valence-corrected chi connectivity index (χ4v) is 3.67. The molecule has 0 bridgehead atoms. The number of hydrogen-bond donors (Lipinski definition) is 0. The maximum absolute atomic E-state index is 11.9. The molecule has 0 amide bonds. The smallest absolute Gasteiger partial charge is 0.306 e. The Balaban J connectivity index is 3.62. The first-order chi connectivity index (χ1) is 16.0. The molecule has 0 N–H and O–H groups in total. The molecule has 0 heterocycles. The van der Waals surface area contributed by atoms with Gasteiger partial charge in [-0.3, -0.25) is 4.79 Å². The molecule has 0 rings (SSSR count). The molecule has 0 saturated carbocycles. The number of rotatable bonds is 21. The Hall–Kier alpha value is -1.57. The van der Waals surface area contributed by atoms with E-state index in [0.29, 0.717) is 13.0 Å². The molecule has 0 radical (unpaired) electrons. The molecule has 33 heavy (non-hydrogen) atoms. The number of hydrogen-bond acceptors (Lipinski definition) is 2. The number of ether oxygens (including phenoxy) is 1. The van der Waals surface area contributed by atoms with Crippen LogP contribution in [-0.4, -0.2) is 12.6 Å². The average molecular weight is 459 g/mol. The molecule has 0 aliphatic heterocycles. The molecule has 0 atom stereocenters. The van der Waals surface area contributed by atoms with Gasteiger partial charge in [-0.15, -0.1) is 0 Å². The number of carbonyl (C=O) groups excluding carboxylic acids is 1. The second-order valence-corrected chi connectivity index (χ2v) is 9.77. The van der Waals surface area contributed by atoms with E-state index >= 15 is 0 Å². The third-order valence-corrected chi connectivity index (χ3v) is 5.94. The number of allylic oxidation sites excluding steroid dienone is 7. The molecular formula is C31H54O2. The summed E-state index contributed by atoms with van der Waals surface area (Å²) in [5.74, 6) is -0.0555. The van der Waals surface area contributed by atoms with Crippen LogP contribution in [0.1, 0.15) is 137 Å². The standard InChI is InChI=1S/C31H54O2/c1-6-7-8-9-10-11-12-13-14-15-16-17-18-25-31(32)33-27-26-30(5)24-20-23-29(4)22-19-21-28(2)3/h11-12,21,23,26H,6-10,13-20,22,24-25,27H2,1-5H3. The Bertz CT molecular complexity index is 588. The van der Waals surface area contributed by atoms with Crippen LogP contribution in [0.4, 0.5) is 0 Å². The number of carbonyl (C=O) groups is 1. The van der Waals surface area contributed by atoms with Gasteiger partial charge in [0, 0.05) is 6.42 Å². The molecule has 0 aliphatic rings. The summed E-state index contributed by atoms with van der Waals surface area (Å²) in [6.45, 7) is 11.3. The first kappa shape index (κ1) is 31.4. The molecule has 0 aliphatic carbocycles. The van der Waals surface area contributed by atoms with Crippen molar-refractivity contribution in [3.8, 4) is 0 Å². The second kappa shape index (κ2) is 23.6. The molecule has 0 aromatic heterocycles. The highest BCUT2D eigenvalue weighted by atomic mass is 16.5. The van der Waals surface area contributed by atoms with E-state index in [1.165, 1.54) is 74.5 Å². The first-order valence-electron chi connectivity index (χ1n) is 13.7. The van der Waals surface area contributed by atoms with Gasteiger partial charge in [-0.05, 0) is 91.6 Å². The van der Waals surface area contributed by atoms with Crippen molar-refractivity contribution in [3.05, 3.63) is 47.1 Å². The minimum absolute atomic E-state index is 0.0555. The van der Waals surface area contributed by atoms with Gasteiger partial charge >= 0.3 is 5.97 Å². The van der Waals surface area contributed by atoms with Crippen LogP contribution in [0.3, 0.4) is 0 Å². The van der Waals surface area contributed by atoms with Crippen molar-refractivity contribution >= 4 is 5.97 Å². The lowest BCUT2D eigenvalue weighted by molar-refractivity contribution is -0.142. The predicted molar refractivity (Wildman–Crippen MR) is 147 cm³/mol. The van der Waals surface area contributed by atoms with Gasteiger partial charge < -0.3 is 4.74 Å². The Kier molecular flexibility index (Phi) is 22.5. The molecule has 2 heteroatoms. The second-order valence-electron chi connectivity index (χ2n) is 9.77. The van der Waals surface area contributed by atoms with Crippen LogP contribution in [0.15, 0.2) is 47.1 Å². The van der Waals surface area contributed by atoms with Crippen LogP contribution in [-0.2, 0) is 9.53 Å². The minimum atomic E-state index is -0.0555. The minimum Gasteiger partial charge on any atom is -0.461 e. The Labute approximate surface area is 206 Å². The summed E-state index contributed by atoms with van der Waals surface area (Å²) in [6, 6.07) is 0. The van der Waals surface area contributed by atoms with Crippen molar-refractivity contribution in [1.29, 1.82) is 0 Å². The van der Waals surface area contributed by atoms with Crippen LogP contribution < -0.4 is 0 Å². The quantitative estimate of drug-likeness (QED) is 0.0971. The van der Waals surface area contributed by atoms with E-state index in [2.05, 4.69) is 65.0 Å². The third-order valence-electron chi connectivity index (χ3n) is 5.94. The molecule has 0 spiro atoms. The predicted octanol–water partition coefficient (Wildman–Crippen LogP) is 10.2. The highest BCUT2D eigenvalue weighted by Crippen LogP contribution is 2.12. The maximum Gasteiger partial charge on any atom is 0.306 e. The van der Waals surface area contributed by atoms with Gasteiger partial charge in [-0.1, -0.05) is 86.5 Å². The summed E-state index contributed by atoms with van der Waals surface area (Å²) in [6.07, 6.45) is 30.0. The third kappa shape index (κ3) is 24.9. The van der Waals surface area contributed by atoms with Crippen LogP contribution in [0.5, 0.6) is 0 Å². The SMILES string of the molecule is CCCCCCC=CCCCCCCCC(=O)OCC=C(C)CCC=C(C)CCC=C(C)C. The van der Waals surface area contributed by atoms with E-state index in [1.54, 1.807) is 0 Å². The van der Waals surface area contributed by atoms with Gasteiger partial charge in [0.1, 0.15) is 6.61 Å².